The molecule has 1 aromatic rings. The zero-order valence-electron chi connectivity index (χ0n) is 12.4. The number of benzene rings is 1. The standard InChI is InChI=1S/C14H17Cl2NO5/c1-14(2,3)22-11-5-10(8(15)4-9(11)16)17-12(18)6-21-7-13(19)20/h4-5H,6-7H2,1-3H3,(H,17,18)(H,19,20). The van der Waals surface area contributed by atoms with Crippen molar-refractivity contribution in [1.29, 1.82) is 0 Å². The molecule has 0 aromatic heterocycles. The van der Waals surface area contributed by atoms with Crippen molar-refractivity contribution < 1.29 is 24.2 Å². The molecule has 1 rings (SSSR count). The lowest BCUT2D eigenvalue weighted by atomic mass is 10.2. The van der Waals surface area contributed by atoms with Crippen LogP contribution in [0.2, 0.25) is 10.0 Å². The van der Waals surface area contributed by atoms with Crippen LogP contribution >= 0.6 is 23.2 Å². The third-order valence-electron chi connectivity index (χ3n) is 2.17. The highest BCUT2D eigenvalue weighted by Gasteiger charge is 2.17. The number of carboxylic acid groups (broad SMARTS) is 1. The molecule has 0 bridgehead atoms. The number of hydrogen-bond acceptors (Lipinski definition) is 4. The normalized spacial score (nSPS) is 11.1. The Bertz CT molecular complexity index is 569. The van der Waals surface area contributed by atoms with E-state index in [2.05, 4.69) is 5.32 Å². The van der Waals surface area contributed by atoms with Crippen LogP contribution in [0.4, 0.5) is 5.69 Å². The van der Waals surface area contributed by atoms with Crippen LogP contribution in [-0.4, -0.2) is 35.8 Å². The van der Waals surface area contributed by atoms with Crippen LogP contribution in [0.1, 0.15) is 20.8 Å². The molecule has 0 saturated heterocycles. The van der Waals surface area contributed by atoms with E-state index in [0.29, 0.717) is 16.5 Å². The summed E-state index contributed by atoms with van der Waals surface area (Å²) in [6.45, 7) is 4.61. The van der Waals surface area contributed by atoms with Crippen LogP contribution in [0.25, 0.3) is 0 Å². The van der Waals surface area contributed by atoms with Gasteiger partial charge in [0.05, 0.1) is 15.7 Å². The van der Waals surface area contributed by atoms with Crippen molar-refractivity contribution in [2.24, 2.45) is 0 Å². The van der Waals surface area contributed by atoms with Crippen molar-refractivity contribution in [3.8, 4) is 5.75 Å². The van der Waals surface area contributed by atoms with Gasteiger partial charge in [0.1, 0.15) is 24.6 Å². The van der Waals surface area contributed by atoms with Crippen molar-refractivity contribution in [2.75, 3.05) is 18.5 Å². The molecule has 0 spiro atoms. The number of carbonyl (C=O) groups is 2. The van der Waals surface area contributed by atoms with Crippen LogP contribution in [0.3, 0.4) is 0 Å². The first-order valence-corrected chi connectivity index (χ1v) is 7.11. The molecule has 1 aromatic carbocycles. The zero-order chi connectivity index (χ0) is 16.9. The monoisotopic (exact) mass is 349 g/mol. The number of aliphatic carboxylic acids is 1. The highest BCUT2D eigenvalue weighted by Crippen LogP contribution is 2.35. The summed E-state index contributed by atoms with van der Waals surface area (Å²) in [6, 6.07) is 2.96. The van der Waals surface area contributed by atoms with E-state index in [1.165, 1.54) is 12.1 Å². The van der Waals surface area contributed by atoms with Crippen molar-refractivity contribution >= 4 is 40.8 Å². The number of carboxylic acids is 1. The molecule has 2 N–H and O–H groups in total. The summed E-state index contributed by atoms with van der Waals surface area (Å²) in [5, 5.41) is 11.5. The minimum atomic E-state index is -1.15. The number of nitrogens with one attached hydrogen (secondary N) is 1. The second-order valence-corrected chi connectivity index (χ2v) is 6.23. The van der Waals surface area contributed by atoms with Gasteiger partial charge >= 0.3 is 5.97 Å². The summed E-state index contributed by atoms with van der Waals surface area (Å²) in [4.78, 5) is 22.0. The fourth-order valence-electron chi connectivity index (χ4n) is 1.45. The topological polar surface area (TPSA) is 84.9 Å². The fraction of sp³-hybridized carbons (Fsp3) is 0.429. The first-order chi connectivity index (χ1) is 10.1. The molecule has 0 saturated carbocycles. The summed E-state index contributed by atoms with van der Waals surface area (Å²) in [6.07, 6.45) is 0. The lowest BCUT2D eigenvalue weighted by Crippen LogP contribution is -2.23. The van der Waals surface area contributed by atoms with Gasteiger partial charge in [-0.2, -0.15) is 0 Å². The van der Waals surface area contributed by atoms with Gasteiger partial charge in [-0.05, 0) is 26.8 Å². The number of ether oxygens (including phenoxy) is 2. The van der Waals surface area contributed by atoms with Crippen molar-refractivity contribution in [2.45, 2.75) is 26.4 Å². The maximum absolute atomic E-state index is 11.7. The van der Waals surface area contributed by atoms with Crippen LogP contribution in [0, 0.1) is 0 Å². The fourth-order valence-corrected chi connectivity index (χ4v) is 1.92. The maximum Gasteiger partial charge on any atom is 0.329 e. The second kappa shape index (κ2) is 7.67. The van der Waals surface area contributed by atoms with Gasteiger partial charge in [0.2, 0.25) is 5.91 Å². The summed E-state index contributed by atoms with van der Waals surface area (Å²) in [5.41, 5.74) is -0.169. The number of rotatable bonds is 6. The van der Waals surface area contributed by atoms with Gasteiger partial charge in [0, 0.05) is 6.07 Å². The van der Waals surface area contributed by atoms with E-state index in [1.807, 2.05) is 20.8 Å². The molecular formula is C14H17Cl2NO5. The first kappa shape index (κ1) is 18.5. The van der Waals surface area contributed by atoms with Crippen LogP contribution in [0.5, 0.6) is 5.75 Å². The number of halogens is 2. The molecule has 0 fully saturated rings. The van der Waals surface area contributed by atoms with Gasteiger partial charge in [-0.15, -0.1) is 0 Å². The van der Waals surface area contributed by atoms with Crippen molar-refractivity contribution in [3.05, 3.63) is 22.2 Å². The van der Waals surface area contributed by atoms with Gasteiger partial charge in [0.25, 0.3) is 0 Å². The molecule has 6 nitrogen and oxygen atoms in total. The predicted molar refractivity (Wildman–Crippen MR) is 83.9 cm³/mol. The molecule has 0 radical (unpaired) electrons. The van der Waals surface area contributed by atoms with Crippen molar-refractivity contribution in [1.82, 2.24) is 0 Å². The highest BCUT2D eigenvalue weighted by atomic mass is 35.5. The predicted octanol–water partition coefficient (Wildman–Crippen LogP) is 3.21. The van der Waals surface area contributed by atoms with Gasteiger partial charge in [0.15, 0.2) is 0 Å². The van der Waals surface area contributed by atoms with Crippen LogP contribution in [-0.2, 0) is 14.3 Å². The van der Waals surface area contributed by atoms with Gasteiger partial charge in [-0.3, -0.25) is 4.79 Å². The lowest BCUT2D eigenvalue weighted by Gasteiger charge is -2.23. The van der Waals surface area contributed by atoms with E-state index in [0.717, 1.165) is 0 Å². The Morgan fingerprint density at radius 1 is 1.18 bits per heavy atom. The lowest BCUT2D eigenvalue weighted by molar-refractivity contribution is -0.143. The SMILES string of the molecule is CC(C)(C)Oc1cc(NC(=O)COCC(=O)O)c(Cl)cc1Cl. The number of amides is 1. The molecule has 0 heterocycles. The molecule has 0 atom stereocenters. The van der Waals surface area contributed by atoms with Crippen LogP contribution < -0.4 is 10.1 Å². The molecule has 22 heavy (non-hydrogen) atoms. The summed E-state index contributed by atoms with van der Waals surface area (Å²) >= 11 is 12.1. The largest absolute Gasteiger partial charge is 0.487 e. The third-order valence-corrected chi connectivity index (χ3v) is 2.78. The van der Waals surface area contributed by atoms with E-state index in [-0.39, 0.29) is 5.02 Å². The highest BCUT2D eigenvalue weighted by molar-refractivity contribution is 6.37. The quantitative estimate of drug-likeness (QED) is 0.823. The number of carbonyl (C=O) groups excluding carboxylic acids is 1. The van der Waals surface area contributed by atoms with Gasteiger partial charge in [-0.1, -0.05) is 23.2 Å². The van der Waals surface area contributed by atoms with Gasteiger partial charge < -0.3 is 19.9 Å². The Morgan fingerprint density at radius 2 is 1.82 bits per heavy atom. The van der Waals surface area contributed by atoms with Gasteiger partial charge in [-0.25, -0.2) is 4.79 Å². The Kier molecular flexibility index (Phi) is 6.47. The van der Waals surface area contributed by atoms with E-state index in [1.54, 1.807) is 0 Å². The summed E-state index contributed by atoms with van der Waals surface area (Å²) in [7, 11) is 0. The molecule has 1 amide bonds. The maximum atomic E-state index is 11.7. The van der Waals surface area contributed by atoms with E-state index in [4.69, 9.17) is 37.8 Å². The minimum absolute atomic E-state index is 0.234. The average Bonchev–Trinajstić information content (AvgIpc) is 2.33. The third kappa shape index (κ3) is 6.51. The van der Waals surface area contributed by atoms with E-state index < -0.39 is 30.7 Å². The Labute approximate surface area is 138 Å². The molecular weight excluding hydrogens is 333 g/mol. The summed E-state index contributed by atoms with van der Waals surface area (Å²) in [5.74, 6) is -1.31. The van der Waals surface area contributed by atoms with Crippen LogP contribution in [0.15, 0.2) is 12.1 Å². The van der Waals surface area contributed by atoms with Crippen molar-refractivity contribution in [3.63, 3.8) is 0 Å². The average molecular weight is 350 g/mol. The molecule has 0 aliphatic heterocycles. The molecule has 0 aliphatic rings. The Balaban J connectivity index is 2.79. The minimum Gasteiger partial charge on any atom is -0.487 e. The molecule has 122 valence electrons. The molecule has 0 aliphatic carbocycles. The van der Waals surface area contributed by atoms with E-state index >= 15 is 0 Å². The number of anilines is 1. The smallest absolute Gasteiger partial charge is 0.329 e. The Morgan fingerprint density at radius 3 is 2.36 bits per heavy atom. The zero-order valence-corrected chi connectivity index (χ0v) is 13.9. The number of hydrogen-bond donors (Lipinski definition) is 2. The van der Waals surface area contributed by atoms with E-state index in [9.17, 15) is 9.59 Å². The summed E-state index contributed by atoms with van der Waals surface area (Å²) < 4.78 is 10.4. The molecule has 8 heteroatoms. The molecule has 0 unspecified atom stereocenters. The second-order valence-electron chi connectivity index (χ2n) is 5.41. The Hall–Kier alpha value is -1.50. The first-order valence-electron chi connectivity index (χ1n) is 6.36.